The van der Waals surface area contributed by atoms with Crippen LogP contribution >= 0.6 is 0 Å². The normalized spacial score (nSPS) is 12.0. The molecule has 3 rings (SSSR count). The van der Waals surface area contributed by atoms with E-state index < -0.39 is 0 Å². The van der Waals surface area contributed by atoms with Gasteiger partial charge in [0.15, 0.2) is 0 Å². The number of pyridine rings is 1. The molecule has 0 bridgehead atoms. The van der Waals surface area contributed by atoms with Gasteiger partial charge < -0.3 is 9.88 Å². The van der Waals surface area contributed by atoms with Crippen molar-refractivity contribution >= 4 is 5.91 Å². The smallest absolute Gasteiger partial charge is 0.268 e. The number of hydrogen-bond donors (Lipinski definition) is 1. The Morgan fingerprint density at radius 1 is 1.17 bits per heavy atom. The van der Waals surface area contributed by atoms with Gasteiger partial charge in [-0.25, -0.2) is 4.39 Å². The van der Waals surface area contributed by atoms with Gasteiger partial charge in [0.2, 0.25) is 0 Å². The van der Waals surface area contributed by atoms with Crippen molar-refractivity contribution in [3.8, 4) is 11.1 Å². The Labute approximate surface area is 140 Å². The maximum absolute atomic E-state index is 13.0. The maximum Gasteiger partial charge on any atom is 0.268 e. The Kier molecular flexibility index (Phi) is 4.42. The second-order valence-corrected chi connectivity index (χ2v) is 5.68. The highest BCUT2D eigenvalue weighted by Crippen LogP contribution is 2.22. The molecule has 0 aliphatic heterocycles. The summed E-state index contributed by atoms with van der Waals surface area (Å²) in [6, 6.07) is 13.4. The van der Waals surface area contributed by atoms with E-state index in [0.717, 1.165) is 16.8 Å². The molecule has 1 atom stereocenters. The Bertz CT molecular complexity index is 841. The van der Waals surface area contributed by atoms with Gasteiger partial charge in [0, 0.05) is 25.0 Å². The summed E-state index contributed by atoms with van der Waals surface area (Å²) in [6.07, 6.45) is 3.56. The first-order valence-corrected chi connectivity index (χ1v) is 7.68. The molecular weight excluding hydrogens is 305 g/mol. The quantitative estimate of drug-likeness (QED) is 0.795. The van der Waals surface area contributed by atoms with E-state index in [4.69, 9.17) is 0 Å². The number of halogens is 1. The minimum absolute atomic E-state index is 0.177. The van der Waals surface area contributed by atoms with Crippen LogP contribution in [0, 0.1) is 5.82 Å². The Morgan fingerprint density at radius 3 is 2.58 bits per heavy atom. The lowest BCUT2D eigenvalue weighted by Gasteiger charge is -2.13. The summed E-state index contributed by atoms with van der Waals surface area (Å²) in [6.45, 7) is 1.89. The van der Waals surface area contributed by atoms with Gasteiger partial charge in [-0.05, 0) is 42.8 Å². The predicted molar refractivity (Wildman–Crippen MR) is 90.9 cm³/mol. The zero-order chi connectivity index (χ0) is 17.1. The molecule has 0 radical (unpaired) electrons. The molecule has 0 fully saturated rings. The van der Waals surface area contributed by atoms with Crippen molar-refractivity contribution in [1.29, 1.82) is 0 Å². The largest absolute Gasteiger partial charge is 0.346 e. The van der Waals surface area contributed by atoms with E-state index in [0.29, 0.717) is 5.69 Å². The van der Waals surface area contributed by atoms with Gasteiger partial charge in [-0.15, -0.1) is 0 Å². The van der Waals surface area contributed by atoms with E-state index in [-0.39, 0.29) is 17.8 Å². The van der Waals surface area contributed by atoms with E-state index in [9.17, 15) is 9.18 Å². The Morgan fingerprint density at radius 2 is 1.92 bits per heavy atom. The van der Waals surface area contributed by atoms with Crippen molar-refractivity contribution in [1.82, 2.24) is 14.9 Å². The summed E-state index contributed by atoms with van der Waals surface area (Å²) >= 11 is 0. The number of carbonyl (C=O) groups excluding carboxylic acids is 1. The van der Waals surface area contributed by atoms with Crippen LogP contribution in [-0.4, -0.2) is 15.5 Å². The van der Waals surface area contributed by atoms with E-state index in [1.54, 1.807) is 29.0 Å². The average molecular weight is 323 g/mol. The molecule has 5 heteroatoms. The Hall–Kier alpha value is -2.95. The molecule has 2 aromatic heterocycles. The number of nitrogens with one attached hydrogen (secondary N) is 1. The summed E-state index contributed by atoms with van der Waals surface area (Å²) in [7, 11) is 1.81. The fourth-order valence-corrected chi connectivity index (χ4v) is 2.57. The highest BCUT2D eigenvalue weighted by molar-refractivity contribution is 5.94. The van der Waals surface area contributed by atoms with Gasteiger partial charge in [-0.1, -0.05) is 18.2 Å². The van der Waals surface area contributed by atoms with E-state index in [2.05, 4.69) is 10.3 Å². The molecule has 122 valence electrons. The molecule has 2 heterocycles. The third kappa shape index (κ3) is 3.35. The van der Waals surface area contributed by atoms with Crippen molar-refractivity contribution in [2.75, 3.05) is 0 Å². The minimum atomic E-state index is -0.281. The van der Waals surface area contributed by atoms with Crippen molar-refractivity contribution in [2.45, 2.75) is 13.0 Å². The van der Waals surface area contributed by atoms with Gasteiger partial charge in [0.1, 0.15) is 11.5 Å². The van der Waals surface area contributed by atoms with E-state index in [1.165, 1.54) is 12.1 Å². The number of carbonyl (C=O) groups is 1. The fourth-order valence-electron chi connectivity index (χ4n) is 2.57. The lowest BCUT2D eigenvalue weighted by atomic mass is 10.1. The topological polar surface area (TPSA) is 46.9 Å². The van der Waals surface area contributed by atoms with Crippen molar-refractivity contribution in [2.24, 2.45) is 7.05 Å². The number of benzene rings is 1. The van der Waals surface area contributed by atoms with Gasteiger partial charge in [0.25, 0.3) is 5.91 Å². The number of nitrogens with zero attached hydrogens (tertiary/aromatic N) is 2. The molecule has 0 spiro atoms. The standard InChI is InChI=1S/C19H18FN3O/c1-13(17-5-3-4-10-21-17)22-19(24)18-11-15(12-23(18)2)14-6-8-16(20)9-7-14/h3-13H,1-2H3,(H,22,24)/t13-/m0/s1. The van der Waals surface area contributed by atoms with Gasteiger partial charge in [-0.2, -0.15) is 0 Å². The summed E-state index contributed by atoms with van der Waals surface area (Å²) < 4.78 is 14.8. The molecule has 0 aliphatic carbocycles. The zero-order valence-corrected chi connectivity index (χ0v) is 13.5. The van der Waals surface area contributed by atoms with Crippen LogP contribution in [-0.2, 0) is 7.05 Å². The van der Waals surface area contributed by atoms with Crippen LogP contribution in [0.1, 0.15) is 29.1 Å². The first kappa shape index (κ1) is 15.9. The number of rotatable bonds is 4. The summed E-state index contributed by atoms with van der Waals surface area (Å²) in [4.78, 5) is 16.8. The third-order valence-electron chi connectivity index (χ3n) is 3.89. The number of hydrogen-bond acceptors (Lipinski definition) is 2. The molecule has 1 N–H and O–H groups in total. The summed E-state index contributed by atoms with van der Waals surface area (Å²) in [5, 5.41) is 2.94. The zero-order valence-electron chi connectivity index (χ0n) is 13.5. The molecule has 0 saturated heterocycles. The lowest BCUT2D eigenvalue weighted by molar-refractivity contribution is 0.0931. The van der Waals surface area contributed by atoms with Crippen LogP contribution in [0.25, 0.3) is 11.1 Å². The second-order valence-electron chi connectivity index (χ2n) is 5.68. The number of aryl methyl sites for hydroxylation is 1. The summed E-state index contributed by atoms with van der Waals surface area (Å²) in [5.41, 5.74) is 3.08. The van der Waals surface area contributed by atoms with E-state index in [1.807, 2.05) is 38.4 Å². The molecule has 3 aromatic rings. The predicted octanol–water partition coefficient (Wildman–Crippen LogP) is 3.72. The molecule has 4 nitrogen and oxygen atoms in total. The van der Waals surface area contributed by atoms with E-state index >= 15 is 0 Å². The van der Waals surface area contributed by atoms with Crippen LogP contribution in [0.3, 0.4) is 0 Å². The van der Waals surface area contributed by atoms with Crippen LogP contribution < -0.4 is 5.32 Å². The Balaban J connectivity index is 1.79. The second kappa shape index (κ2) is 6.66. The highest BCUT2D eigenvalue weighted by atomic mass is 19.1. The van der Waals surface area contributed by atoms with Gasteiger partial charge in [0.05, 0.1) is 11.7 Å². The number of aromatic nitrogens is 2. The van der Waals surface area contributed by atoms with Gasteiger partial charge in [-0.3, -0.25) is 9.78 Å². The molecule has 0 aliphatic rings. The molecular formula is C19H18FN3O. The van der Waals surface area contributed by atoms with Crippen molar-refractivity contribution in [3.05, 3.63) is 78.1 Å². The molecule has 24 heavy (non-hydrogen) atoms. The first-order chi connectivity index (χ1) is 11.5. The highest BCUT2D eigenvalue weighted by Gasteiger charge is 2.16. The molecule has 1 amide bonds. The lowest BCUT2D eigenvalue weighted by Crippen LogP contribution is -2.28. The van der Waals surface area contributed by atoms with Crippen LogP contribution in [0.5, 0.6) is 0 Å². The van der Waals surface area contributed by atoms with Crippen LogP contribution in [0.4, 0.5) is 4.39 Å². The van der Waals surface area contributed by atoms with Crippen molar-refractivity contribution in [3.63, 3.8) is 0 Å². The summed E-state index contributed by atoms with van der Waals surface area (Å²) in [5.74, 6) is -0.458. The maximum atomic E-state index is 13.0. The SMILES string of the molecule is C[C@H](NC(=O)c1cc(-c2ccc(F)cc2)cn1C)c1ccccn1. The molecule has 1 aromatic carbocycles. The van der Waals surface area contributed by atoms with Crippen LogP contribution in [0.15, 0.2) is 60.9 Å². The monoisotopic (exact) mass is 323 g/mol. The number of amides is 1. The minimum Gasteiger partial charge on any atom is -0.346 e. The third-order valence-corrected chi connectivity index (χ3v) is 3.89. The fraction of sp³-hybridized carbons (Fsp3) is 0.158. The molecule has 0 unspecified atom stereocenters. The van der Waals surface area contributed by atoms with Crippen LogP contribution in [0.2, 0.25) is 0 Å². The van der Waals surface area contributed by atoms with Crippen molar-refractivity contribution < 1.29 is 9.18 Å². The molecule has 0 saturated carbocycles. The van der Waals surface area contributed by atoms with Gasteiger partial charge >= 0.3 is 0 Å². The average Bonchev–Trinajstić information content (AvgIpc) is 2.98. The first-order valence-electron chi connectivity index (χ1n) is 7.68.